The molecular weight excluding hydrogens is 434 g/mol. The lowest BCUT2D eigenvalue weighted by Gasteiger charge is -2.13. The quantitative estimate of drug-likeness (QED) is 0.455. The van der Waals surface area contributed by atoms with Crippen molar-refractivity contribution in [1.29, 1.82) is 0 Å². The number of nitrogens with one attached hydrogen (secondary N) is 1. The molecule has 1 N–H and O–H groups in total. The molecule has 0 aliphatic carbocycles. The summed E-state index contributed by atoms with van der Waals surface area (Å²) in [5.74, 6) is -0.109. The number of benzene rings is 2. The van der Waals surface area contributed by atoms with Crippen LogP contribution in [0.5, 0.6) is 5.75 Å². The van der Waals surface area contributed by atoms with E-state index in [2.05, 4.69) is 15.4 Å². The third-order valence-electron chi connectivity index (χ3n) is 5.18. The lowest BCUT2D eigenvalue weighted by Crippen LogP contribution is -2.46. The van der Waals surface area contributed by atoms with Crippen LogP contribution in [0.25, 0.3) is 5.69 Å². The van der Waals surface area contributed by atoms with Crippen LogP contribution in [0.4, 0.5) is 0 Å². The first-order valence-corrected chi connectivity index (χ1v) is 10.6. The minimum absolute atomic E-state index is 0.0518. The van der Waals surface area contributed by atoms with Gasteiger partial charge in [0.05, 0.1) is 31.6 Å². The van der Waals surface area contributed by atoms with Gasteiger partial charge in [0.1, 0.15) is 5.75 Å². The summed E-state index contributed by atoms with van der Waals surface area (Å²) in [5, 5.41) is 6.79. The first kappa shape index (κ1) is 22.7. The lowest BCUT2D eigenvalue weighted by atomic mass is 10.2. The number of rotatable bonds is 7. The van der Waals surface area contributed by atoms with Gasteiger partial charge in [-0.05, 0) is 48.9 Å². The van der Waals surface area contributed by atoms with E-state index in [-0.39, 0.29) is 18.8 Å². The van der Waals surface area contributed by atoms with Crippen molar-refractivity contribution in [3.8, 4) is 11.4 Å². The van der Waals surface area contributed by atoms with Crippen molar-refractivity contribution < 1.29 is 9.53 Å². The van der Waals surface area contributed by atoms with Crippen molar-refractivity contribution in [1.82, 2.24) is 24.6 Å². The monoisotopic (exact) mass is 457 g/mol. The first-order valence-electron chi connectivity index (χ1n) is 10.6. The highest BCUT2D eigenvalue weighted by Gasteiger charge is 2.20. The molecule has 4 aromatic rings. The fraction of sp³-hybridized carbons (Fsp3) is 0.160. The van der Waals surface area contributed by atoms with E-state index in [1.54, 1.807) is 60.8 Å². The highest BCUT2D eigenvalue weighted by Crippen LogP contribution is 2.13. The third-order valence-corrected chi connectivity index (χ3v) is 5.18. The van der Waals surface area contributed by atoms with Gasteiger partial charge >= 0.3 is 5.69 Å². The summed E-state index contributed by atoms with van der Waals surface area (Å²) in [6.07, 6.45) is 1.61. The van der Waals surface area contributed by atoms with E-state index in [9.17, 15) is 14.4 Å². The van der Waals surface area contributed by atoms with Gasteiger partial charge in [0.25, 0.3) is 11.5 Å². The predicted octanol–water partition coefficient (Wildman–Crippen LogP) is 2.08. The second-order valence-electron chi connectivity index (χ2n) is 7.63. The second-order valence-corrected chi connectivity index (χ2v) is 7.63. The molecular formula is C25H23N5O4. The SMILES string of the molecule is COc1cccc(Cn2c(=O)c(C(=O)NCc3ccccn3)nn(-c3ccc(C)cc3)c2=O)c1. The van der Waals surface area contributed by atoms with Crippen LogP contribution >= 0.6 is 0 Å². The number of carbonyl (C=O) groups excluding carboxylic acids is 1. The van der Waals surface area contributed by atoms with Crippen molar-refractivity contribution >= 4 is 5.91 Å². The molecule has 0 radical (unpaired) electrons. The zero-order valence-electron chi connectivity index (χ0n) is 18.8. The first-order chi connectivity index (χ1) is 16.5. The number of hydrogen-bond donors (Lipinski definition) is 1. The molecule has 0 aliphatic heterocycles. The van der Waals surface area contributed by atoms with Crippen LogP contribution in [0, 0.1) is 6.92 Å². The van der Waals surface area contributed by atoms with Crippen molar-refractivity contribution in [2.75, 3.05) is 7.11 Å². The van der Waals surface area contributed by atoms with E-state index in [4.69, 9.17) is 4.74 Å². The van der Waals surface area contributed by atoms with Gasteiger partial charge in [-0.2, -0.15) is 9.78 Å². The van der Waals surface area contributed by atoms with Crippen LogP contribution in [0.3, 0.4) is 0 Å². The molecule has 2 aromatic heterocycles. The van der Waals surface area contributed by atoms with Crippen LogP contribution in [-0.2, 0) is 13.1 Å². The standard InChI is InChI=1S/C25H23N5O4/c1-17-9-11-20(12-10-17)30-25(33)29(16-18-6-5-8-21(14-18)34-2)24(32)22(28-30)23(31)27-15-19-7-3-4-13-26-19/h3-14H,15-16H2,1-2H3,(H,27,31). The largest absolute Gasteiger partial charge is 0.497 e. The summed E-state index contributed by atoms with van der Waals surface area (Å²) in [4.78, 5) is 43.6. The van der Waals surface area contributed by atoms with Gasteiger partial charge in [0, 0.05) is 6.20 Å². The highest BCUT2D eigenvalue weighted by atomic mass is 16.5. The average molecular weight is 457 g/mol. The van der Waals surface area contributed by atoms with Crippen molar-refractivity contribution in [2.24, 2.45) is 0 Å². The van der Waals surface area contributed by atoms with E-state index >= 15 is 0 Å². The Morgan fingerprint density at radius 1 is 1.03 bits per heavy atom. The van der Waals surface area contributed by atoms with Crippen LogP contribution in [0.1, 0.15) is 27.3 Å². The number of amides is 1. The number of methoxy groups -OCH3 is 1. The molecule has 9 nitrogen and oxygen atoms in total. The summed E-state index contributed by atoms with van der Waals surface area (Å²) in [6, 6.07) is 19.4. The van der Waals surface area contributed by atoms with Gasteiger partial charge in [-0.1, -0.05) is 35.9 Å². The summed E-state index contributed by atoms with van der Waals surface area (Å²) >= 11 is 0. The summed E-state index contributed by atoms with van der Waals surface area (Å²) in [5.41, 5.74) is 0.898. The Labute approximate surface area is 195 Å². The topological polar surface area (TPSA) is 108 Å². The Morgan fingerprint density at radius 3 is 2.53 bits per heavy atom. The minimum atomic E-state index is -0.783. The Morgan fingerprint density at radius 2 is 1.82 bits per heavy atom. The Kier molecular flexibility index (Phi) is 6.63. The van der Waals surface area contributed by atoms with Gasteiger partial charge in [-0.3, -0.25) is 19.1 Å². The van der Waals surface area contributed by atoms with E-state index in [1.807, 2.05) is 19.1 Å². The average Bonchev–Trinajstić information content (AvgIpc) is 2.86. The van der Waals surface area contributed by atoms with Gasteiger partial charge < -0.3 is 10.1 Å². The zero-order valence-corrected chi connectivity index (χ0v) is 18.8. The van der Waals surface area contributed by atoms with Crippen LogP contribution in [-0.4, -0.2) is 32.3 Å². The molecule has 0 bridgehead atoms. The molecule has 0 aliphatic rings. The molecule has 0 unspecified atom stereocenters. The van der Waals surface area contributed by atoms with E-state index < -0.39 is 17.2 Å². The molecule has 34 heavy (non-hydrogen) atoms. The van der Waals surface area contributed by atoms with Crippen molar-refractivity contribution in [2.45, 2.75) is 20.0 Å². The molecule has 0 saturated carbocycles. The van der Waals surface area contributed by atoms with Crippen molar-refractivity contribution in [3.63, 3.8) is 0 Å². The molecule has 2 aromatic carbocycles. The number of carbonyl (C=O) groups is 1. The molecule has 2 heterocycles. The summed E-state index contributed by atoms with van der Waals surface area (Å²) in [7, 11) is 1.53. The van der Waals surface area contributed by atoms with Crippen LogP contribution in [0.2, 0.25) is 0 Å². The second kappa shape index (κ2) is 9.95. The molecule has 0 fully saturated rings. The summed E-state index contributed by atoms with van der Waals surface area (Å²) < 4.78 is 7.30. The molecule has 1 amide bonds. The van der Waals surface area contributed by atoms with E-state index in [0.29, 0.717) is 22.7 Å². The van der Waals surface area contributed by atoms with E-state index in [0.717, 1.165) is 14.8 Å². The molecule has 0 spiro atoms. The maximum atomic E-state index is 13.3. The Balaban J connectivity index is 1.78. The third kappa shape index (κ3) is 4.93. The number of aromatic nitrogens is 4. The smallest absolute Gasteiger partial charge is 0.352 e. The zero-order chi connectivity index (χ0) is 24.1. The fourth-order valence-electron chi connectivity index (χ4n) is 3.36. The molecule has 9 heteroatoms. The van der Waals surface area contributed by atoms with Gasteiger partial charge in [0.15, 0.2) is 0 Å². The number of ether oxygens (including phenoxy) is 1. The fourth-order valence-corrected chi connectivity index (χ4v) is 3.36. The van der Waals surface area contributed by atoms with Crippen LogP contribution < -0.4 is 21.3 Å². The van der Waals surface area contributed by atoms with Gasteiger partial charge in [-0.15, -0.1) is 0 Å². The predicted molar refractivity (Wildman–Crippen MR) is 126 cm³/mol. The number of hydrogen-bond acceptors (Lipinski definition) is 6. The number of nitrogens with zero attached hydrogens (tertiary/aromatic N) is 4. The maximum Gasteiger partial charge on any atom is 0.352 e. The lowest BCUT2D eigenvalue weighted by molar-refractivity contribution is 0.0940. The van der Waals surface area contributed by atoms with E-state index in [1.165, 1.54) is 7.11 Å². The van der Waals surface area contributed by atoms with Gasteiger partial charge in [0.2, 0.25) is 5.69 Å². The Hall–Kier alpha value is -4.53. The number of pyridine rings is 1. The van der Waals surface area contributed by atoms with Crippen LogP contribution in [0.15, 0.2) is 82.5 Å². The molecule has 0 saturated heterocycles. The molecule has 0 atom stereocenters. The van der Waals surface area contributed by atoms with Gasteiger partial charge in [-0.25, -0.2) is 4.79 Å². The van der Waals surface area contributed by atoms with Crippen molar-refractivity contribution in [3.05, 3.63) is 116 Å². The Bertz CT molecular complexity index is 1430. The molecule has 4 rings (SSSR count). The number of aryl methyl sites for hydroxylation is 1. The normalized spacial score (nSPS) is 10.6. The molecule has 172 valence electrons. The maximum absolute atomic E-state index is 13.3. The minimum Gasteiger partial charge on any atom is -0.497 e. The summed E-state index contributed by atoms with van der Waals surface area (Å²) in [6.45, 7) is 1.98. The highest BCUT2D eigenvalue weighted by molar-refractivity contribution is 5.91.